The Labute approximate surface area is 140 Å². The van der Waals surface area contributed by atoms with Crippen molar-refractivity contribution >= 4 is 28.8 Å². The molecule has 2 rings (SSSR count). The van der Waals surface area contributed by atoms with E-state index >= 15 is 0 Å². The van der Waals surface area contributed by atoms with Gasteiger partial charge in [-0.05, 0) is 19.3 Å². The molecule has 1 unspecified atom stereocenters. The van der Waals surface area contributed by atoms with Gasteiger partial charge < -0.3 is 10.0 Å². The van der Waals surface area contributed by atoms with Gasteiger partial charge in [-0.15, -0.1) is 0 Å². The van der Waals surface area contributed by atoms with E-state index in [-0.39, 0.29) is 16.9 Å². The van der Waals surface area contributed by atoms with E-state index in [1.807, 2.05) is 18.2 Å². The Morgan fingerprint density at radius 3 is 2.65 bits per heavy atom. The fourth-order valence-corrected chi connectivity index (χ4v) is 3.64. The summed E-state index contributed by atoms with van der Waals surface area (Å²) in [4.78, 5) is 37.0. The van der Waals surface area contributed by atoms with Gasteiger partial charge in [0.25, 0.3) is 0 Å². The Morgan fingerprint density at radius 2 is 2.00 bits per heavy atom. The van der Waals surface area contributed by atoms with Crippen molar-refractivity contribution in [1.29, 1.82) is 0 Å². The van der Waals surface area contributed by atoms with Crippen molar-refractivity contribution in [2.75, 3.05) is 12.3 Å². The first-order valence-electron chi connectivity index (χ1n) is 7.76. The summed E-state index contributed by atoms with van der Waals surface area (Å²) >= 11 is 1.20. The Kier molecular flexibility index (Phi) is 6.21. The quantitative estimate of drug-likeness (QED) is 0.865. The van der Waals surface area contributed by atoms with Crippen LogP contribution in [0.4, 0.5) is 0 Å². The normalized spacial score (nSPS) is 18.7. The van der Waals surface area contributed by atoms with Crippen molar-refractivity contribution in [3.8, 4) is 0 Å². The lowest BCUT2D eigenvalue weighted by Gasteiger charge is -2.24. The van der Waals surface area contributed by atoms with E-state index in [4.69, 9.17) is 5.11 Å². The van der Waals surface area contributed by atoms with Gasteiger partial charge in [0.2, 0.25) is 11.0 Å². The summed E-state index contributed by atoms with van der Waals surface area (Å²) in [5.41, 5.74) is 0.655. The van der Waals surface area contributed by atoms with Gasteiger partial charge in [0.15, 0.2) is 0 Å². The molecule has 1 aliphatic rings. The molecule has 0 radical (unpaired) electrons. The number of carboxylic acids is 1. The summed E-state index contributed by atoms with van der Waals surface area (Å²) in [6, 6.07) is 8.34. The number of amides is 1. The predicted molar refractivity (Wildman–Crippen MR) is 89.4 cm³/mol. The molecule has 0 aromatic heterocycles. The number of carbonyl (C=O) groups is 3. The fraction of sp³-hybridized carbons (Fsp3) is 0.471. The number of thioether (sulfide) groups is 1. The Hall–Kier alpha value is -1.82. The Morgan fingerprint density at radius 1 is 1.30 bits per heavy atom. The van der Waals surface area contributed by atoms with E-state index < -0.39 is 12.0 Å². The zero-order valence-electron chi connectivity index (χ0n) is 13.1. The highest BCUT2D eigenvalue weighted by atomic mass is 32.2. The molecular formula is C17H21NO4S. The SMILES string of the molecule is CC(CCSC(=O)c1ccccc1)C(=O)N1CCC[C@H]1C(=O)O. The molecule has 1 aromatic rings. The van der Waals surface area contributed by atoms with Gasteiger partial charge in [0.05, 0.1) is 0 Å². The Bertz CT molecular complexity index is 575. The molecule has 0 saturated carbocycles. The molecule has 6 heteroatoms. The van der Waals surface area contributed by atoms with Crippen LogP contribution in [0.3, 0.4) is 0 Å². The maximum atomic E-state index is 12.4. The number of hydrogen-bond donors (Lipinski definition) is 1. The fourth-order valence-electron chi connectivity index (χ4n) is 2.68. The second-order valence-corrected chi connectivity index (χ2v) is 6.79. The summed E-state index contributed by atoms with van der Waals surface area (Å²) in [5, 5.41) is 9.14. The van der Waals surface area contributed by atoms with Crippen LogP contribution in [0, 0.1) is 5.92 Å². The molecule has 23 heavy (non-hydrogen) atoms. The summed E-state index contributed by atoms with van der Waals surface area (Å²) < 4.78 is 0. The second kappa shape index (κ2) is 8.15. The second-order valence-electron chi connectivity index (χ2n) is 5.72. The number of rotatable bonds is 6. The predicted octanol–water partition coefficient (Wildman–Crippen LogP) is 2.66. The largest absolute Gasteiger partial charge is 0.480 e. The highest BCUT2D eigenvalue weighted by Crippen LogP contribution is 2.22. The number of carbonyl (C=O) groups excluding carboxylic acids is 2. The van der Waals surface area contributed by atoms with Crippen LogP contribution in [0.25, 0.3) is 0 Å². The van der Waals surface area contributed by atoms with Crippen LogP contribution in [0.5, 0.6) is 0 Å². The lowest BCUT2D eigenvalue weighted by atomic mass is 10.1. The third-order valence-electron chi connectivity index (χ3n) is 4.04. The van der Waals surface area contributed by atoms with E-state index in [0.717, 1.165) is 6.42 Å². The van der Waals surface area contributed by atoms with E-state index in [9.17, 15) is 14.4 Å². The minimum absolute atomic E-state index is 0.00478. The Balaban J connectivity index is 1.80. The number of nitrogens with zero attached hydrogens (tertiary/aromatic N) is 1. The molecule has 124 valence electrons. The van der Waals surface area contributed by atoms with E-state index in [1.54, 1.807) is 19.1 Å². The molecule has 1 saturated heterocycles. The van der Waals surface area contributed by atoms with E-state index in [2.05, 4.69) is 0 Å². The first kappa shape index (κ1) is 17.5. The lowest BCUT2D eigenvalue weighted by molar-refractivity contribution is -0.149. The van der Waals surface area contributed by atoms with Crippen molar-refractivity contribution < 1.29 is 19.5 Å². The van der Waals surface area contributed by atoms with Crippen LogP contribution in [0.2, 0.25) is 0 Å². The van der Waals surface area contributed by atoms with Gasteiger partial charge in [0.1, 0.15) is 6.04 Å². The molecule has 0 bridgehead atoms. The van der Waals surface area contributed by atoms with Gasteiger partial charge in [-0.3, -0.25) is 9.59 Å². The van der Waals surface area contributed by atoms with Crippen LogP contribution in [0.15, 0.2) is 30.3 Å². The zero-order valence-corrected chi connectivity index (χ0v) is 13.9. The minimum atomic E-state index is -0.934. The van der Waals surface area contributed by atoms with Crippen LogP contribution in [0.1, 0.15) is 36.5 Å². The van der Waals surface area contributed by atoms with Gasteiger partial charge in [-0.25, -0.2) is 4.79 Å². The molecule has 1 amide bonds. The monoisotopic (exact) mass is 335 g/mol. The molecule has 1 aliphatic heterocycles. The topological polar surface area (TPSA) is 74.7 Å². The lowest BCUT2D eigenvalue weighted by Crippen LogP contribution is -2.43. The van der Waals surface area contributed by atoms with E-state index in [0.29, 0.717) is 30.7 Å². The van der Waals surface area contributed by atoms with Crippen LogP contribution in [-0.4, -0.2) is 45.3 Å². The van der Waals surface area contributed by atoms with Crippen molar-refractivity contribution in [2.45, 2.75) is 32.2 Å². The third-order valence-corrected chi connectivity index (χ3v) is 4.97. The number of likely N-dealkylation sites (tertiary alicyclic amines) is 1. The third kappa shape index (κ3) is 4.58. The van der Waals surface area contributed by atoms with Crippen molar-refractivity contribution in [2.24, 2.45) is 5.92 Å². The number of aliphatic carboxylic acids is 1. The van der Waals surface area contributed by atoms with Crippen molar-refractivity contribution in [3.05, 3.63) is 35.9 Å². The van der Waals surface area contributed by atoms with Gasteiger partial charge in [0, 0.05) is 23.8 Å². The number of hydrogen-bond acceptors (Lipinski definition) is 4. The van der Waals surface area contributed by atoms with Crippen molar-refractivity contribution in [3.63, 3.8) is 0 Å². The number of carboxylic acid groups (broad SMARTS) is 1. The maximum absolute atomic E-state index is 12.4. The maximum Gasteiger partial charge on any atom is 0.326 e. The molecule has 1 aromatic carbocycles. The molecule has 2 atom stereocenters. The molecule has 0 spiro atoms. The zero-order chi connectivity index (χ0) is 16.8. The molecular weight excluding hydrogens is 314 g/mol. The molecule has 0 aliphatic carbocycles. The highest BCUT2D eigenvalue weighted by Gasteiger charge is 2.35. The highest BCUT2D eigenvalue weighted by molar-refractivity contribution is 8.14. The van der Waals surface area contributed by atoms with Crippen LogP contribution >= 0.6 is 11.8 Å². The van der Waals surface area contributed by atoms with Crippen LogP contribution < -0.4 is 0 Å². The molecule has 1 fully saturated rings. The minimum Gasteiger partial charge on any atom is -0.480 e. The van der Waals surface area contributed by atoms with Gasteiger partial charge in [-0.1, -0.05) is 49.0 Å². The summed E-state index contributed by atoms with van der Waals surface area (Å²) in [6.45, 7) is 2.31. The average Bonchev–Trinajstić information content (AvgIpc) is 3.04. The van der Waals surface area contributed by atoms with E-state index in [1.165, 1.54) is 16.7 Å². The summed E-state index contributed by atoms with van der Waals surface area (Å²) in [7, 11) is 0. The molecule has 1 N–H and O–H groups in total. The summed E-state index contributed by atoms with van der Waals surface area (Å²) in [6.07, 6.45) is 1.82. The first-order chi connectivity index (χ1) is 11.0. The number of benzene rings is 1. The van der Waals surface area contributed by atoms with Gasteiger partial charge >= 0.3 is 5.97 Å². The summed E-state index contributed by atoms with van der Waals surface area (Å²) in [5.74, 6) is -0.781. The molecule has 5 nitrogen and oxygen atoms in total. The first-order valence-corrected chi connectivity index (χ1v) is 8.74. The standard InChI is InChI=1S/C17H21NO4S/c1-12(15(19)18-10-5-8-14(18)16(20)21)9-11-23-17(22)13-6-3-2-4-7-13/h2-4,6-7,12,14H,5,8-11H2,1H3,(H,20,21)/t12?,14-/m0/s1. The van der Waals surface area contributed by atoms with Gasteiger partial charge in [-0.2, -0.15) is 0 Å². The smallest absolute Gasteiger partial charge is 0.326 e. The average molecular weight is 335 g/mol. The molecule has 1 heterocycles. The van der Waals surface area contributed by atoms with Crippen molar-refractivity contribution in [1.82, 2.24) is 4.90 Å². The van der Waals surface area contributed by atoms with Crippen LogP contribution in [-0.2, 0) is 9.59 Å².